The van der Waals surface area contributed by atoms with E-state index in [2.05, 4.69) is 56.2 Å². The number of hydrogen-bond acceptors (Lipinski definition) is 9. The van der Waals surface area contributed by atoms with E-state index < -0.39 is 18.3 Å². The number of para-hydroxylation sites is 1. The van der Waals surface area contributed by atoms with Crippen molar-refractivity contribution in [2.75, 3.05) is 55.2 Å². The number of anilines is 3. The topological polar surface area (TPSA) is 151 Å². The van der Waals surface area contributed by atoms with Gasteiger partial charge in [-0.2, -0.15) is 0 Å². The Balaban J connectivity index is 0.000000145. The summed E-state index contributed by atoms with van der Waals surface area (Å²) in [6, 6.07) is 44.6. The summed E-state index contributed by atoms with van der Waals surface area (Å²) in [5.74, 6) is 2.60. The van der Waals surface area contributed by atoms with Crippen LogP contribution in [0.4, 0.5) is 35.8 Å². The Morgan fingerprint density at radius 1 is 0.446 bits per heavy atom. The van der Waals surface area contributed by atoms with Crippen LogP contribution in [0.25, 0.3) is 0 Å². The number of benzene rings is 6. The third-order valence-corrected chi connectivity index (χ3v) is 11.3. The van der Waals surface area contributed by atoms with Gasteiger partial charge in [0.2, 0.25) is 0 Å². The summed E-state index contributed by atoms with van der Waals surface area (Å²) in [6.07, 6.45) is 1.88. The lowest BCUT2D eigenvalue weighted by Gasteiger charge is -2.10. The first kappa shape index (κ1) is 46.2. The van der Waals surface area contributed by atoms with Gasteiger partial charge in [-0.3, -0.25) is 16.0 Å². The minimum absolute atomic E-state index is 0.299. The van der Waals surface area contributed by atoms with Gasteiger partial charge in [0.05, 0.1) is 0 Å². The van der Waals surface area contributed by atoms with Gasteiger partial charge in [0.25, 0.3) is 0 Å². The highest BCUT2D eigenvalue weighted by Crippen LogP contribution is 2.26. The van der Waals surface area contributed by atoms with Crippen molar-refractivity contribution in [1.29, 1.82) is 0 Å². The Hall–Kier alpha value is -6.77. The Labute approximate surface area is 383 Å². The summed E-state index contributed by atoms with van der Waals surface area (Å²) >= 11 is 5.79. The molecule has 336 valence electrons. The Kier molecular flexibility index (Phi) is 16.9. The van der Waals surface area contributed by atoms with Crippen molar-refractivity contribution in [3.05, 3.63) is 179 Å². The molecule has 65 heavy (non-hydrogen) atoms. The molecule has 0 spiro atoms. The maximum absolute atomic E-state index is 12.8. The molecule has 6 N–H and O–H groups in total. The normalized spacial score (nSPS) is 17.3. The Bertz CT molecular complexity index is 2290. The van der Waals surface area contributed by atoms with Crippen LogP contribution in [0.2, 0.25) is 5.02 Å². The summed E-state index contributed by atoms with van der Waals surface area (Å²) < 4.78 is 28.2. The number of carbonyl (C=O) groups is 3. The summed E-state index contributed by atoms with van der Waals surface area (Å²) in [4.78, 5) is 35.4. The van der Waals surface area contributed by atoms with Crippen molar-refractivity contribution in [2.45, 2.75) is 37.0 Å². The average Bonchev–Trinajstić information content (AvgIpc) is 4.16. The highest BCUT2D eigenvalue weighted by Gasteiger charge is 2.19. The lowest BCUT2D eigenvalue weighted by atomic mass is 9.98. The van der Waals surface area contributed by atoms with E-state index in [1.165, 1.54) is 47.4 Å². The first-order valence-electron chi connectivity index (χ1n) is 21.7. The summed E-state index contributed by atoms with van der Waals surface area (Å²) in [7, 11) is 0. The largest absolute Gasteiger partial charge is 0.417 e. The monoisotopic (exact) mass is 898 g/mol. The number of nitrogens with one attached hydrogen (secondary N) is 6. The van der Waals surface area contributed by atoms with Crippen molar-refractivity contribution in [3.8, 4) is 17.2 Å². The van der Waals surface area contributed by atoms with E-state index in [4.69, 9.17) is 25.8 Å². The second-order valence-corrected chi connectivity index (χ2v) is 16.1. The smallest absolute Gasteiger partial charge is 0.410 e. The van der Waals surface area contributed by atoms with E-state index in [1.807, 2.05) is 66.7 Å². The molecule has 12 nitrogen and oxygen atoms in total. The van der Waals surface area contributed by atoms with E-state index in [0.717, 1.165) is 57.8 Å². The first-order chi connectivity index (χ1) is 31.7. The zero-order chi connectivity index (χ0) is 45.2. The molecule has 3 unspecified atom stereocenters. The molecular weight excluding hydrogens is 847 g/mol. The van der Waals surface area contributed by atoms with Gasteiger partial charge in [-0.1, -0.05) is 66.2 Å². The van der Waals surface area contributed by atoms with Gasteiger partial charge in [-0.25, -0.2) is 18.8 Å². The maximum Gasteiger partial charge on any atom is 0.417 e. The number of ether oxygens (including phenoxy) is 3. The van der Waals surface area contributed by atoms with E-state index in [1.54, 1.807) is 36.4 Å². The van der Waals surface area contributed by atoms with Crippen molar-refractivity contribution in [1.82, 2.24) is 16.0 Å². The number of rotatable bonds is 9. The molecule has 0 radical (unpaired) electrons. The predicted molar refractivity (Wildman–Crippen MR) is 253 cm³/mol. The molecule has 3 aliphatic heterocycles. The molecule has 0 saturated carbocycles. The van der Waals surface area contributed by atoms with E-state index in [0.29, 0.717) is 51.4 Å². The number of halogens is 2. The van der Waals surface area contributed by atoms with Crippen LogP contribution in [-0.4, -0.2) is 57.5 Å². The quantitative estimate of drug-likeness (QED) is 0.0833. The van der Waals surface area contributed by atoms with Crippen molar-refractivity contribution in [2.24, 2.45) is 0 Å². The van der Waals surface area contributed by atoms with Crippen LogP contribution >= 0.6 is 11.6 Å². The molecule has 0 aliphatic carbocycles. The summed E-state index contributed by atoms with van der Waals surface area (Å²) in [6.45, 7) is 6.24. The van der Waals surface area contributed by atoms with Crippen LogP contribution in [0.3, 0.4) is 0 Å². The number of carbonyl (C=O) groups excluding carboxylic acids is 3. The predicted octanol–water partition coefficient (Wildman–Crippen LogP) is 10.9. The molecule has 6 aromatic carbocycles. The Morgan fingerprint density at radius 3 is 1.09 bits per heavy atom. The van der Waals surface area contributed by atoms with Crippen LogP contribution in [0, 0.1) is 5.82 Å². The zero-order valence-corrected chi connectivity index (χ0v) is 36.5. The van der Waals surface area contributed by atoms with Crippen molar-refractivity contribution >= 4 is 46.9 Å². The summed E-state index contributed by atoms with van der Waals surface area (Å²) in [5, 5.41) is 18.7. The maximum atomic E-state index is 12.8. The van der Waals surface area contributed by atoms with Crippen molar-refractivity contribution in [3.63, 3.8) is 0 Å². The molecule has 3 heterocycles. The molecule has 6 aromatic rings. The second kappa shape index (κ2) is 23.8. The SMILES string of the molecule is O=C(Nc1ccc(C2CCNC2)cc1)Oc1ccc(Cl)cc1.O=C(Nc1ccc(C2CCNC2)cc1)Oc1ccc(F)cc1.O=C(Nc1ccc(C2CCNC2)cc1)Oc1ccccc1. The zero-order valence-electron chi connectivity index (χ0n) is 35.7. The molecule has 3 saturated heterocycles. The summed E-state index contributed by atoms with van der Waals surface area (Å²) in [5.41, 5.74) is 5.99. The fourth-order valence-corrected chi connectivity index (χ4v) is 7.70. The van der Waals surface area contributed by atoms with Crippen LogP contribution in [0.1, 0.15) is 53.7 Å². The minimum Gasteiger partial charge on any atom is -0.410 e. The highest BCUT2D eigenvalue weighted by atomic mass is 35.5. The molecule has 3 atom stereocenters. The number of hydrogen-bond donors (Lipinski definition) is 6. The van der Waals surface area contributed by atoms with Crippen LogP contribution in [-0.2, 0) is 0 Å². The van der Waals surface area contributed by atoms with Gasteiger partial charge >= 0.3 is 18.3 Å². The van der Waals surface area contributed by atoms with Gasteiger partial charge in [0, 0.05) is 41.7 Å². The fraction of sp³-hybridized carbons (Fsp3) is 0.235. The lowest BCUT2D eigenvalue weighted by Crippen LogP contribution is -2.16. The van der Waals surface area contributed by atoms with Gasteiger partial charge < -0.3 is 30.2 Å². The number of amides is 3. The molecule has 3 aliphatic rings. The molecule has 3 fully saturated rings. The molecule has 0 aromatic heterocycles. The van der Waals surface area contributed by atoms with Crippen LogP contribution in [0.5, 0.6) is 17.2 Å². The van der Waals surface area contributed by atoms with Gasteiger partial charge in [-0.05, 0) is 170 Å². The van der Waals surface area contributed by atoms with Crippen molar-refractivity contribution < 1.29 is 33.0 Å². The van der Waals surface area contributed by atoms with E-state index >= 15 is 0 Å². The van der Waals surface area contributed by atoms with Gasteiger partial charge in [0.1, 0.15) is 23.1 Å². The standard InChI is InChI=1S/C17H17ClN2O2.C17H17FN2O2.C17H18N2O2/c2*18-14-3-7-16(8-4-14)22-17(21)20-15-5-1-12(2-6-15)13-9-10-19-11-13;20-17(21-16-4-2-1-3-5-16)19-15-8-6-13(7-9-15)14-10-11-18-12-14/h2*1-8,13,19H,9-11H2,(H,20,21);1-9,14,18H,10-12H2,(H,19,20). The lowest BCUT2D eigenvalue weighted by molar-refractivity contribution is 0.214. The molecule has 0 bridgehead atoms. The molecule has 3 amide bonds. The van der Waals surface area contributed by atoms with Crippen LogP contribution < -0.4 is 46.1 Å². The van der Waals surface area contributed by atoms with E-state index in [-0.39, 0.29) is 5.82 Å². The fourth-order valence-electron chi connectivity index (χ4n) is 7.58. The minimum atomic E-state index is -0.595. The molecule has 14 heteroatoms. The van der Waals surface area contributed by atoms with Gasteiger partial charge in [-0.15, -0.1) is 0 Å². The molecule has 9 rings (SSSR count). The molecular formula is C51H52ClFN6O6. The van der Waals surface area contributed by atoms with Gasteiger partial charge in [0.15, 0.2) is 0 Å². The van der Waals surface area contributed by atoms with Crippen LogP contribution in [0.15, 0.2) is 152 Å². The average molecular weight is 899 g/mol. The first-order valence-corrected chi connectivity index (χ1v) is 22.0. The van der Waals surface area contributed by atoms with E-state index in [9.17, 15) is 18.8 Å². The third-order valence-electron chi connectivity index (χ3n) is 11.1. The highest BCUT2D eigenvalue weighted by molar-refractivity contribution is 6.30. The third kappa shape index (κ3) is 14.9. The Morgan fingerprint density at radius 2 is 0.769 bits per heavy atom. The second-order valence-electron chi connectivity index (χ2n) is 15.7.